The topological polar surface area (TPSA) is 181 Å². The Balaban J connectivity index is 1.66. The van der Waals surface area contributed by atoms with Crippen LogP contribution in [0.1, 0.15) is 44.2 Å². The summed E-state index contributed by atoms with van der Waals surface area (Å²) in [7, 11) is 0. The number of thioether (sulfide) groups is 1. The van der Waals surface area contributed by atoms with Gasteiger partial charge in [-0.05, 0) is 60.1 Å². The highest BCUT2D eigenvalue weighted by atomic mass is 32.2. The average molecular weight is 702 g/mol. The summed E-state index contributed by atoms with van der Waals surface area (Å²) >= 11 is 1.40. The molecule has 3 rings (SSSR count). The molecule has 0 saturated heterocycles. The Hall–Kier alpha value is -4.84. The van der Waals surface area contributed by atoms with Crippen LogP contribution in [0.3, 0.4) is 0 Å². The van der Waals surface area contributed by atoms with E-state index in [1.807, 2.05) is 105 Å². The fraction of sp³-hybridized carbons (Fsp3) is 0.395. The molecule has 268 valence electrons. The summed E-state index contributed by atoms with van der Waals surface area (Å²) in [6, 6.07) is 24.8. The Bertz CT molecular complexity index is 1530. The number of nitrogens with one attached hydrogen (secondary N) is 4. The maximum absolute atomic E-state index is 13.7. The minimum atomic E-state index is -0.990. The zero-order valence-corrected chi connectivity index (χ0v) is 30.0. The van der Waals surface area contributed by atoms with Gasteiger partial charge in [-0.15, -0.1) is 0 Å². The van der Waals surface area contributed by atoms with Crippen LogP contribution < -0.4 is 32.7 Å². The minimum absolute atomic E-state index is 0.0725. The van der Waals surface area contributed by atoms with E-state index in [9.17, 15) is 19.2 Å². The molecule has 3 atom stereocenters. The van der Waals surface area contributed by atoms with Crippen LogP contribution in [-0.4, -0.2) is 72.8 Å². The van der Waals surface area contributed by atoms with E-state index in [1.165, 1.54) is 11.8 Å². The van der Waals surface area contributed by atoms with E-state index in [4.69, 9.17) is 11.5 Å². The second-order valence-corrected chi connectivity index (χ2v) is 13.5. The van der Waals surface area contributed by atoms with Gasteiger partial charge in [-0.25, -0.2) is 0 Å². The van der Waals surface area contributed by atoms with E-state index in [2.05, 4.69) is 26.3 Å². The maximum atomic E-state index is 13.7. The molecule has 4 amide bonds. The molecule has 0 aliphatic carbocycles. The van der Waals surface area contributed by atoms with Gasteiger partial charge >= 0.3 is 0 Å². The third-order valence-electron chi connectivity index (χ3n) is 7.88. The predicted octanol–water partition coefficient (Wildman–Crippen LogP) is 3.17. The van der Waals surface area contributed by atoms with Crippen molar-refractivity contribution in [1.82, 2.24) is 21.3 Å². The number of benzene rings is 3. The molecule has 11 nitrogen and oxygen atoms in total. The number of carbonyl (C=O) groups is 4. The molecular formula is C38H51N7O4S. The van der Waals surface area contributed by atoms with Crippen molar-refractivity contribution < 1.29 is 19.2 Å². The summed E-state index contributed by atoms with van der Waals surface area (Å²) in [5.74, 6) is -1.27. The van der Waals surface area contributed by atoms with Crippen molar-refractivity contribution in [3.8, 4) is 11.1 Å². The molecule has 8 N–H and O–H groups in total. The number of hydrogen-bond acceptors (Lipinski definition) is 6. The molecule has 0 aromatic heterocycles. The number of amides is 4. The van der Waals surface area contributed by atoms with Crippen LogP contribution in [0.2, 0.25) is 0 Å². The first kappa shape index (κ1) is 39.6. The second kappa shape index (κ2) is 21.3. The van der Waals surface area contributed by atoms with Gasteiger partial charge in [0.25, 0.3) is 0 Å². The first-order valence-corrected chi connectivity index (χ1v) is 18.4. The van der Waals surface area contributed by atoms with E-state index >= 15 is 0 Å². The summed E-state index contributed by atoms with van der Waals surface area (Å²) < 4.78 is 0. The summed E-state index contributed by atoms with van der Waals surface area (Å²) in [5, 5.41) is 11.5. The Morgan fingerprint density at radius 1 is 0.720 bits per heavy atom. The third kappa shape index (κ3) is 14.3. The van der Waals surface area contributed by atoms with Gasteiger partial charge in [0.05, 0.1) is 6.42 Å². The number of carbonyl (C=O) groups excluding carboxylic acids is 4. The van der Waals surface area contributed by atoms with Crippen molar-refractivity contribution in [3.63, 3.8) is 0 Å². The molecule has 50 heavy (non-hydrogen) atoms. The van der Waals surface area contributed by atoms with Crippen molar-refractivity contribution in [1.29, 1.82) is 0 Å². The van der Waals surface area contributed by atoms with Gasteiger partial charge in [0, 0.05) is 18.8 Å². The van der Waals surface area contributed by atoms with Crippen LogP contribution in [0.15, 0.2) is 89.9 Å². The smallest absolute Gasteiger partial charge is 0.244 e. The van der Waals surface area contributed by atoms with Crippen molar-refractivity contribution >= 4 is 41.4 Å². The molecule has 3 aromatic rings. The van der Waals surface area contributed by atoms with Crippen LogP contribution in [0.4, 0.5) is 0 Å². The predicted molar refractivity (Wildman–Crippen MR) is 202 cm³/mol. The number of hydrogen-bond donors (Lipinski definition) is 6. The highest BCUT2D eigenvalue weighted by Crippen LogP contribution is 2.19. The van der Waals surface area contributed by atoms with Crippen molar-refractivity contribution in [2.45, 2.75) is 64.1 Å². The largest absolute Gasteiger partial charge is 0.370 e. The molecule has 0 radical (unpaired) electrons. The molecule has 12 heteroatoms. The number of rotatable bonds is 20. The lowest BCUT2D eigenvalue weighted by molar-refractivity contribution is -0.133. The highest BCUT2D eigenvalue weighted by molar-refractivity contribution is 7.98. The Morgan fingerprint density at radius 2 is 1.32 bits per heavy atom. The molecule has 0 unspecified atom stereocenters. The number of aliphatic imine (C=N–C) groups is 1. The van der Waals surface area contributed by atoms with Gasteiger partial charge in [0.15, 0.2) is 5.96 Å². The molecular weight excluding hydrogens is 651 g/mol. The lowest BCUT2D eigenvalue weighted by atomic mass is 10.0. The number of guanidine groups is 1. The fourth-order valence-corrected chi connectivity index (χ4v) is 5.91. The quantitative estimate of drug-likeness (QED) is 0.0595. The zero-order valence-electron chi connectivity index (χ0n) is 29.2. The average Bonchev–Trinajstić information content (AvgIpc) is 3.09. The van der Waals surface area contributed by atoms with Gasteiger partial charge in [-0.2, -0.15) is 11.8 Å². The third-order valence-corrected chi connectivity index (χ3v) is 8.55. The van der Waals surface area contributed by atoms with Gasteiger partial charge < -0.3 is 32.7 Å². The molecule has 0 aliphatic rings. The van der Waals surface area contributed by atoms with E-state index in [0.29, 0.717) is 31.6 Å². The first-order chi connectivity index (χ1) is 24.0. The molecule has 0 spiro atoms. The second-order valence-electron chi connectivity index (χ2n) is 12.5. The monoisotopic (exact) mass is 701 g/mol. The summed E-state index contributed by atoms with van der Waals surface area (Å²) in [5.41, 5.74) is 15.0. The van der Waals surface area contributed by atoms with Crippen molar-refractivity contribution in [3.05, 3.63) is 96.1 Å². The Morgan fingerprint density at radius 3 is 1.94 bits per heavy atom. The van der Waals surface area contributed by atoms with Gasteiger partial charge in [-0.3, -0.25) is 24.2 Å². The lowest BCUT2D eigenvalue weighted by Crippen LogP contribution is -2.57. The summed E-state index contributed by atoms with van der Waals surface area (Å²) in [6.45, 7) is 4.61. The van der Waals surface area contributed by atoms with Crippen LogP contribution in [0.5, 0.6) is 0 Å². The Labute approximate surface area is 299 Å². The van der Waals surface area contributed by atoms with E-state index in [1.54, 1.807) is 0 Å². The number of nitrogens with zero attached hydrogens (tertiary/aromatic N) is 1. The Kier molecular flexibility index (Phi) is 16.9. The van der Waals surface area contributed by atoms with Crippen LogP contribution in [0.25, 0.3) is 11.1 Å². The van der Waals surface area contributed by atoms with E-state index in [-0.39, 0.29) is 43.1 Å². The van der Waals surface area contributed by atoms with Crippen molar-refractivity contribution in [2.24, 2.45) is 22.4 Å². The summed E-state index contributed by atoms with van der Waals surface area (Å²) in [6.07, 6.45) is 3.60. The summed E-state index contributed by atoms with van der Waals surface area (Å²) in [4.78, 5) is 57.6. The number of nitrogens with two attached hydrogens (primary N) is 2. The fourth-order valence-electron chi connectivity index (χ4n) is 5.34. The van der Waals surface area contributed by atoms with Crippen LogP contribution in [0, 0.1) is 5.92 Å². The molecule has 3 aromatic carbocycles. The standard InChI is InChI=1S/C38H51N7O4S/c1-26(2)23-32(35(47)41-22-20-27-11-6-4-7-12-27)45-36(48)31(15-10-21-42-38(39)40)44-37(49)33(25-50-3)43-34(46)24-28-16-18-30(19-17-28)29-13-8-5-9-14-29/h4-9,11-14,16-19,26,31-33H,10,15,20-25H2,1-3H3,(H,41,47)(H,43,46)(H,44,49)(H,45,48)(H4,39,40,42)/t31-,32-,33+/m0/s1. The maximum Gasteiger partial charge on any atom is 0.244 e. The van der Waals surface area contributed by atoms with Crippen LogP contribution in [-0.2, 0) is 32.0 Å². The van der Waals surface area contributed by atoms with E-state index in [0.717, 1.165) is 22.3 Å². The molecule has 0 heterocycles. The molecule has 0 saturated carbocycles. The SMILES string of the molecule is CSC[C@@H](NC(=O)Cc1ccc(-c2ccccc2)cc1)C(=O)N[C@@H](CCCN=C(N)N)C(=O)N[C@@H](CC(C)C)C(=O)NCCc1ccccc1. The van der Waals surface area contributed by atoms with Gasteiger partial charge in [-0.1, -0.05) is 98.8 Å². The van der Waals surface area contributed by atoms with Crippen LogP contribution >= 0.6 is 11.8 Å². The normalized spacial score (nSPS) is 12.6. The molecule has 0 bridgehead atoms. The first-order valence-electron chi connectivity index (χ1n) is 17.0. The zero-order chi connectivity index (χ0) is 36.3. The molecule has 0 aliphatic heterocycles. The molecule has 0 fully saturated rings. The lowest BCUT2D eigenvalue weighted by Gasteiger charge is -2.26. The van der Waals surface area contributed by atoms with Gasteiger partial charge in [0.1, 0.15) is 18.1 Å². The highest BCUT2D eigenvalue weighted by Gasteiger charge is 2.30. The van der Waals surface area contributed by atoms with E-state index < -0.39 is 29.9 Å². The minimum Gasteiger partial charge on any atom is -0.370 e. The van der Waals surface area contributed by atoms with Crippen molar-refractivity contribution in [2.75, 3.05) is 25.1 Å². The van der Waals surface area contributed by atoms with Gasteiger partial charge in [0.2, 0.25) is 23.6 Å².